The van der Waals surface area contributed by atoms with Crippen molar-refractivity contribution in [2.24, 2.45) is 0 Å². The minimum atomic E-state index is 0.442. The van der Waals surface area contributed by atoms with E-state index in [0.29, 0.717) is 11.5 Å². The predicted octanol–water partition coefficient (Wildman–Crippen LogP) is 1.32. The summed E-state index contributed by atoms with van der Waals surface area (Å²) in [5, 5.41) is 11.9. The fourth-order valence-corrected chi connectivity index (χ4v) is 2.73. The second kappa shape index (κ2) is 6.33. The maximum atomic E-state index is 5.74. The number of aromatic nitrogens is 6. The zero-order chi connectivity index (χ0) is 17.2. The molecule has 4 aromatic rings. The average Bonchev–Trinajstić information content (AvgIpc) is 3.24. The van der Waals surface area contributed by atoms with Gasteiger partial charge in [0.1, 0.15) is 5.82 Å². The molecule has 0 unspecified atom stereocenters. The van der Waals surface area contributed by atoms with Crippen molar-refractivity contribution in [2.45, 2.75) is 6.42 Å². The van der Waals surface area contributed by atoms with E-state index in [9.17, 15) is 0 Å². The number of fused-ring (bicyclic) bond motifs is 1. The van der Waals surface area contributed by atoms with E-state index < -0.39 is 0 Å². The van der Waals surface area contributed by atoms with Gasteiger partial charge in [-0.25, -0.2) is 14.2 Å². The summed E-state index contributed by atoms with van der Waals surface area (Å²) >= 11 is 0. The minimum Gasteiger partial charge on any atom is -0.382 e. The number of pyridine rings is 1. The molecule has 4 heterocycles. The Labute approximate surface area is 144 Å². The topological polar surface area (TPSA) is 99.0 Å². The van der Waals surface area contributed by atoms with E-state index in [1.54, 1.807) is 29.2 Å². The second-order valence-electron chi connectivity index (χ2n) is 5.75. The normalized spacial score (nSPS) is 11.2. The Kier molecular flexibility index (Phi) is 3.87. The van der Waals surface area contributed by atoms with Crippen molar-refractivity contribution in [3.05, 3.63) is 54.9 Å². The fourth-order valence-electron chi connectivity index (χ4n) is 2.73. The lowest BCUT2D eigenvalue weighted by molar-refractivity contribution is 0.791. The van der Waals surface area contributed by atoms with Gasteiger partial charge in [0.2, 0.25) is 0 Å². The molecule has 0 aliphatic carbocycles. The van der Waals surface area contributed by atoms with E-state index in [2.05, 4.69) is 25.5 Å². The molecule has 0 spiro atoms. The lowest BCUT2D eigenvalue weighted by atomic mass is 10.1. The van der Waals surface area contributed by atoms with Gasteiger partial charge in [0.05, 0.1) is 11.9 Å². The number of anilines is 1. The summed E-state index contributed by atoms with van der Waals surface area (Å²) in [6.07, 6.45) is 12.1. The molecule has 25 heavy (non-hydrogen) atoms. The first-order valence-electron chi connectivity index (χ1n) is 7.98. The van der Waals surface area contributed by atoms with Gasteiger partial charge in [-0.1, -0.05) is 0 Å². The predicted molar refractivity (Wildman–Crippen MR) is 95.4 cm³/mol. The molecule has 0 radical (unpaired) electrons. The van der Waals surface area contributed by atoms with Gasteiger partial charge < -0.3 is 11.1 Å². The first-order valence-corrected chi connectivity index (χ1v) is 7.98. The van der Waals surface area contributed by atoms with Gasteiger partial charge >= 0.3 is 0 Å². The maximum absolute atomic E-state index is 5.74. The molecule has 0 fully saturated rings. The first-order chi connectivity index (χ1) is 12.2. The summed E-state index contributed by atoms with van der Waals surface area (Å²) in [4.78, 5) is 8.67. The molecular weight excluding hydrogens is 316 g/mol. The molecule has 126 valence electrons. The second-order valence-corrected chi connectivity index (χ2v) is 5.75. The van der Waals surface area contributed by atoms with Crippen LogP contribution in [0, 0.1) is 0 Å². The van der Waals surface area contributed by atoms with Crippen molar-refractivity contribution < 1.29 is 0 Å². The molecular formula is C17H18N8. The van der Waals surface area contributed by atoms with E-state index in [0.717, 1.165) is 29.8 Å². The maximum Gasteiger partial charge on any atom is 0.157 e. The van der Waals surface area contributed by atoms with Crippen LogP contribution in [0.5, 0.6) is 0 Å². The SMILES string of the molecule is CNCCc1cnn(-c2ccncc2-c2cnc3cc(N)nn3c2)c1. The van der Waals surface area contributed by atoms with Crippen molar-refractivity contribution in [1.82, 2.24) is 34.7 Å². The van der Waals surface area contributed by atoms with Gasteiger partial charge in [0.25, 0.3) is 0 Å². The standard InChI is InChI=1S/C17H18N8/c1-19-4-2-12-7-22-24(10-12)15-3-5-20-9-14(15)13-8-21-17-6-16(18)23-25(17)11-13/h3,5-11,19H,2,4H2,1H3,(H2,18,23). The summed E-state index contributed by atoms with van der Waals surface area (Å²) in [5.74, 6) is 0.442. The van der Waals surface area contributed by atoms with Crippen LogP contribution in [-0.2, 0) is 6.42 Å². The van der Waals surface area contributed by atoms with E-state index in [1.807, 2.05) is 36.4 Å². The van der Waals surface area contributed by atoms with Crippen LogP contribution in [0.25, 0.3) is 22.5 Å². The number of nitrogens with zero attached hydrogens (tertiary/aromatic N) is 6. The van der Waals surface area contributed by atoms with Gasteiger partial charge in [0, 0.05) is 48.2 Å². The first kappa shape index (κ1) is 15.3. The molecule has 0 saturated carbocycles. The lowest BCUT2D eigenvalue weighted by Crippen LogP contribution is -2.09. The number of hydrogen-bond donors (Lipinski definition) is 2. The number of nitrogens with two attached hydrogens (primary N) is 1. The summed E-state index contributed by atoms with van der Waals surface area (Å²) < 4.78 is 3.53. The van der Waals surface area contributed by atoms with Crippen LogP contribution in [0.15, 0.2) is 49.3 Å². The van der Waals surface area contributed by atoms with Gasteiger partial charge in [0.15, 0.2) is 5.65 Å². The average molecular weight is 334 g/mol. The molecule has 4 rings (SSSR count). The summed E-state index contributed by atoms with van der Waals surface area (Å²) in [5.41, 5.74) is 10.4. The van der Waals surface area contributed by atoms with E-state index in [1.165, 1.54) is 5.56 Å². The number of nitrogen functional groups attached to an aromatic ring is 1. The molecule has 0 saturated heterocycles. The minimum absolute atomic E-state index is 0.442. The molecule has 0 aliphatic rings. The van der Waals surface area contributed by atoms with Crippen LogP contribution in [-0.4, -0.2) is 43.0 Å². The van der Waals surface area contributed by atoms with Crippen LogP contribution in [0.2, 0.25) is 0 Å². The smallest absolute Gasteiger partial charge is 0.157 e. The van der Waals surface area contributed by atoms with Crippen LogP contribution in [0.4, 0.5) is 5.82 Å². The molecule has 3 N–H and O–H groups in total. The number of rotatable bonds is 5. The summed E-state index contributed by atoms with van der Waals surface area (Å²) in [6, 6.07) is 3.67. The van der Waals surface area contributed by atoms with E-state index >= 15 is 0 Å². The molecule has 0 bridgehead atoms. The molecule has 0 aliphatic heterocycles. The van der Waals surface area contributed by atoms with Crippen LogP contribution < -0.4 is 11.1 Å². The van der Waals surface area contributed by atoms with Crippen molar-refractivity contribution in [1.29, 1.82) is 0 Å². The molecule has 0 amide bonds. The monoisotopic (exact) mass is 334 g/mol. The van der Waals surface area contributed by atoms with Crippen molar-refractivity contribution in [3.63, 3.8) is 0 Å². The van der Waals surface area contributed by atoms with Gasteiger partial charge in [-0.15, -0.1) is 5.10 Å². The Morgan fingerprint density at radius 3 is 3.00 bits per heavy atom. The van der Waals surface area contributed by atoms with E-state index in [-0.39, 0.29) is 0 Å². The quantitative estimate of drug-likeness (QED) is 0.571. The van der Waals surface area contributed by atoms with Gasteiger partial charge in [-0.05, 0) is 31.6 Å². The van der Waals surface area contributed by atoms with E-state index in [4.69, 9.17) is 5.73 Å². The molecule has 0 aromatic carbocycles. The summed E-state index contributed by atoms with van der Waals surface area (Å²) in [6.45, 7) is 0.913. The van der Waals surface area contributed by atoms with Crippen LogP contribution in [0.3, 0.4) is 0 Å². The number of nitrogens with one attached hydrogen (secondary N) is 1. The lowest BCUT2D eigenvalue weighted by Gasteiger charge is -2.09. The highest BCUT2D eigenvalue weighted by molar-refractivity contribution is 5.71. The van der Waals surface area contributed by atoms with Crippen molar-refractivity contribution >= 4 is 11.5 Å². The fraction of sp³-hybridized carbons (Fsp3) is 0.176. The molecule has 0 atom stereocenters. The van der Waals surface area contributed by atoms with Gasteiger partial charge in [-0.2, -0.15) is 5.10 Å². The third kappa shape index (κ3) is 2.94. The third-order valence-corrected chi connectivity index (χ3v) is 3.99. The highest BCUT2D eigenvalue weighted by Crippen LogP contribution is 2.25. The number of hydrogen-bond acceptors (Lipinski definition) is 6. The molecule has 8 heteroatoms. The zero-order valence-electron chi connectivity index (χ0n) is 13.8. The molecule has 4 aromatic heterocycles. The van der Waals surface area contributed by atoms with Gasteiger partial charge in [-0.3, -0.25) is 4.98 Å². The summed E-state index contributed by atoms with van der Waals surface area (Å²) in [7, 11) is 1.94. The molecule has 8 nitrogen and oxygen atoms in total. The Morgan fingerprint density at radius 2 is 2.12 bits per heavy atom. The Morgan fingerprint density at radius 1 is 1.20 bits per heavy atom. The Hall–Kier alpha value is -3.26. The highest BCUT2D eigenvalue weighted by Gasteiger charge is 2.11. The van der Waals surface area contributed by atoms with Crippen LogP contribution >= 0.6 is 0 Å². The van der Waals surface area contributed by atoms with Crippen molar-refractivity contribution in [2.75, 3.05) is 19.3 Å². The Bertz CT molecular complexity index is 1020. The Balaban J connectivity index is 1.76. The third-order valence-electron chi connectivity index (χ3n) is 3.99. The largest absolute Gasteiger partial charge is 0.382 e. The highest BCUT2D eigenvalue weighted by atomic mass is 15.3. The van der Waals surface area contributed by atoms with Crippen LogP contribution in [0.1, 0.15) is 5.56 Å². The van der Waals surface area contributed by atoms with Crippen molar-refractivity contribution in [3.8, 4) is 16.8 Å². The number of likely N-dealkylation sites (N-methyl/N-ethyl adjacent to an activating group) is 1. The zero-order valence-corrected chi connectivity index (χ0v) is 13.8.